The van der Waals surface area contributed by atoms with Crippen LogP contribution in [0.15, 0.2) is 58.9 Å². The summed E-state index contributed by atoms with van der Waals surface area (Å²) in [6.07, 6.45) is 1.02. The summed E-state index contributed by atoms with van der Waals surface area (Å²) in [6, 6.07) is 14.6. The first kappa shape index (κ1) is 26.3. The fraction of sp³-hybridized carbons (Fsp3) is 0.444. The molecule has 32 heavy (non-hydrogen) atoms. The van der Waals surface area contributed by atoms with Gasteiger partial charge >= 0.3 is 0 Å². The third-order valence-electron chi connectivity index (χ3n) is 5.22. The average molecular weight is 472 g/mol. The molecule has 0 aliphatic rings. The Hall–Kier alpha value is -1.91. The summed E-state index contributed by atoms with van der Waals surface area (Å²) in [6.45, 7) is 21.4. The molecule has 0 aliphatic carbocycles. The van der Waals surface area contributed by atoms with Crippen LogP contribution < -0.4 is 4.72 Å². The smallest absolute Gasteiger partial charge is 0.106 e. The van der Waals surface area contributed by atoms with Gasteiger partial charge in [0, 0.05) is 40.2 Å². The lowest BCUT2D eigenvalue weighted by molar-refractivity contribution is 0.569. The third kappa shape index (κ3) is 7.05. The van der Waals surface area contributed by atoms with Crippen LogP contribution in [-0.2, 0) is 5.41 Å². The highest BCUT2D eigenvalue weighted by Gasteiger charge is 2.20. The summed E-state index contributed by atoms with van der Waals surface area (Å²) in [4.78, 5) is 8.22. The zero-order valence-electron chi connectivity index (χ0n) is 20.6. The third-order valence-corrected chi connectivity index (χ3v) is 6.29. The van der Waals surface area contributed by atoms with Gasteiger partial charge in [0.2, 0.25) is 0 Å². The topological polar surface area (TPSA) is 27.6 Å². The molecule has 0 spiro atoms. The Morgan fingerprint density at radius 2 is 1.78 bits per heavy atom. The molecule has 3 nitrogen and oxygen atoms in total. The number of nitrogens with one attached hydrogen (secondary N) is 1. The lowest BCUT2D eigenvalue weighted by atomic mass is 9.87. The fourth-order valence-electron chi connectivity index (χ4n) is 3.42. The second kappa shape index (κ2) is 11.8. The van der Waals surface area contributed by atoms with Crippen LogP contribution in [0.3, 0.4) is 0 Å². The van der Waals surface area contributed by atoms with Crippen molar-refractivity contribution in [2.45, 2.75) is 65.2 Å². The molecule has 0 saturated heterocycles. The number of aliphatic imine (C=N–C) groups is 1. The highest BCUT2D eigenvalue weighted by Crippen LogP contribution is 2.33. The Bertz CT molecular complexity index is 927. The van der Waals surface area contributed by atoms with Gasteiger partial charge < -0.3 is 9.62 Å². The van der Waals surface area contributed by atoms with Crippen LogP contribution in [0.1, 0.15) is 66.0 Å². The molecule has 0 bridgehead atoms. The van der Waals surface area contributed by atoms with Crippen molar-refractivity contribution in [3.05, 3.63) is 65.2 Å². The molecule has 2 rings (SSSR count). The Labute approximate surface area is 204 Å². The molecule has 0 fully saturated rings. The van der Waals surface area contributed by atoms with Crippen molar-refractivity contribution in [2.24, 2.45) is 10.9 Å². The van der Waals surface area contributed by atoms with E-state index in [1.54, 1.807) is 11.9 Å². The van der Waals surface area contributed by atoms with Gasteiger partial charge in [-0.2, -0.15) is 0 Å². The number of benzene rings is 2. The number of halogens is 1. The van der Waals surface area contributed by atoms with Crippen LogP contribution in [-0.4, -0.2) is 23.8 Å². The van der Waals surface area contributed by atoms with E-state index in [9.17, 15) is 0 Å². The van der Waals surface area contributed by atoms with Gasteiger partial charge in [-0.25, -0.2) is 0 Å². The van der Waals surface area contributed by atoms with E-state index < -0.39 is 0 Å². The largest absolute Gasteiger partial charge is 0.330 e. The van der Waals surface area contributed by atoms with Crippen molar-refractivity contribution >= 4 is 40.8 Å². The Kier molecular flexibility index (Phi) is 9.72. The van der Waals surface area contributed by atoms with E-state index in [1.807, 2.05) is 18.2 Å². The van der Waals surface area contributed by atoms with Crippen LogP contribution in [0.25, 0.3) is 5.70 Å². The van der Waals surface area contributed by atoms with Crippen molar-refractivity contribution in [1.82, 2.24) is 4.90 Å². The van der Waals surface area contributed by atoms with Crippen molar-refractivity contribution in [3.63, 3.8) is 0 Å². The van der Waals surface area contributed by atoms with Gasteiger partial charge in [0.15, 0.2) is 0 Å². The lowest BCUT2D eigenvalue weighted by Crippen LogP contribution is -2.33. The molecule has 0 saturated carbocycles. The molecule has 174 valence electrons. The van der Waals surface area contributed by atoms with Crippen LogP contribution in [0, 0.1) is 5.92 Å². The molecular formula is C27H38ClN3S. The molecule has 1 N–H and O–H groups in total. The molecule has 0 atom stereocenters. The van der Waals surface area contributed by atoms with E-state index >= 15 is 0 Å². The number of hydrogen-bond acceptors (Lipinski definition) is 3. The molecule has 0 aromatic heterocycles. The molecule has 2 aromatic rings. The van der Waals surface area contributed by atoms with Gasteiger partial charge in [0.1, 0.15) is 5.84 Å². The van der Waals surface area contributed by atoms with E-state index in [0.29, 0.717) is 10.9 Å². The maximum Gasteiger partial charge on any atom is 0.106 e. The molecule has 5 heteroatoms. The Morgan fingerprint density at radius 3 is 2.31 bits per heavy atom. The van der Waals surface area contributed by atoms with Gasteiger partial charge in [0.05, 0.1) is 5.69 Å². The SMILES string of the molecule is C=C(c1cc(Cl)ccc1NSc1ccc(C(C)(C)C)cc1)N(CC)C(=NCCC)C(C)C. The molecule has 0 radical (unpaired) electrons. The Balaban J connectivity index is 2.29. The first-order valence-corrected chi connectivity index (χ1v) is 12.6. The monoisotopic (exact) mass is 471 g/mol. The summed E-state index contributed by atoms with van der Waals surface area (Å²) >= 11 is 7.98. The first-order valence-electron chi connectivity index (χ1n) is 11.4. The Morgan fingerprint density at radius 1 is 1.12 bits per heavy atom. The number of hydrogen-bond donors (Lipinski definition) is 1. The molecule has 0 unspecified atom stereocenters. The number of anilines is 1. The van der Waals surface area contributed by atoms with Crippen molar-refractivity contribution in [1.29, 1.82) is 0 Å². The minimum atomic E-state index is 0.148. The van der Waals surface area contributed by atoms with E-state index in [0.717, 1.165) is 47.2 Å². The van der Waals surface area contributed by atoms with E-state index in [4.69, 9.17) is 16.6 Å². The van der Waals surface area contributed by atoms with Crippen LogP contribution in [0.4, 0.5) is 5.69 Å². The van der Waals surface area contributed by atoms with Crippen LogP contribution in [0.5, 0.6) is 0 Å². The predicted molar refractivity (Wildman–Crippen MR) is 145 cm³/mol. The summed E-state index contributed by atoms with van der Waals surface area (Å²) in [5.74, 6) is 1.38. The summed E-state index contributed by atoms with van der Waals surface area (Å²) in [5, 5.41) is 0.693. The van der Waals surface area contributed by atoms with Crippen molar-refractivity contribution in [2.75, 3.05) is 17.8 Å². The first-order chi connectivity index (χ1) is 15.1. The van der Waals surface area contributed by atoms with Crippen molar-refractivity contribution < 1.29 is 0 Å². The summed E-state index contributed by atoms with van der Waals surface area (Å²) < 4.78 is 3.52. The molecule has 2 aromatic carbocycles. The van der Waals surface area contributed by atoms with E-state index in [2.05, 4.69) is 88.9 Å². The van der Waals surface area contributed by atoms with Gasteiger partial charge in [0.25, 0.3) is 0 Å². The second-order valence-electron chi connectivity index (χ2n) is 9.25. The molecular weight excluding hydrogens is 434 g/mol. The average Bonchev–Trinajstić information content (AvgIpc) is 2.74. The number of nitrogens with zero attached hydrogens (tertiary/aromatic N) is 2. The van der Waals surface area contributed by atoms with Gasteiger partial charge in [-0.1, -0.05) is 71.9 Å². The summed E-state index contributed by atoms with van der Waals surface area (Å²) in [7, 11) is 0. The standard InChI is InChI=1S/C27H38ClN3S/c1-9-17-29-26(19(3)4)31(10-2)20(5)24-18-22(28)13-16-25(24)30-32-23-14-11-21(12-15-23)27(6,7)8/h11-16,18-19,30H,5,9-10,17H2,1-4,6-8H3. The number of rotatable bonds is 9. The highest BCUT2D eigenvalue weighted by atomic mass is 35.5. The van der Waals surface area contributed by atoms with Crippen LogP contribution in [0.2, 0.25) is 5.02 Å². The second-order valence-corrected chi connectivity index (χ2v) is 10.6. The fourth-order valence-corrected chi connectivity index (χ4v) is 4.27. The maximum absolute atomic E-state index is 6.39. The van der Waals surface area contributed by atoms with Gasteiger partial charge in [-0.05, 0) is 66.6 Å². The van der Waals surface area contributed by atoms with E-state index in [1.165, 1.54) is 5.56 Å². The highest BCUT2D eigenvalue weighted by molar-refractivity contribution is 8.00. The van der Waals surface area contributed by atoms with E-state index in [-0.39, 0.29) is 5.41 Å². The molecule has 0 amide bonds. The normalized spacial score (nSPS) is 12.2. The molecule has 0 aliphatic heterocycles. The quantitative estimate of drug-likeness (QED) is 0.225. The minimum absolute atomic E-state index is 0.148. The number of amidine groups is 1. The maximum atomic E-state index is 6.39. The van der Waals surface area contributed by atoms with Crippen LogP contribution >= 0.6 is 23.5 Å². The zero-order chi connectivity index (χ0) is 23.9. The minimum Gasteiger partial charge on any atom is -0.330 e. The van der Waals surface area contributed by atoms with Gasteiger partial charge in [-0.3, -0.25) is 4.99 Å². The predicted octanol–water partition coefficient (Wildman–Crippen LogP) is 8.51. The zero-order valence-corrected chi connectivity index (χ0v) is 22.2. The summed E-state index contributed by atoms with van der Waals surface area (Å²) in [5.41, 5.74) is 4.36. The lowest BCUT2D eigenvalue weighted by Gasteiger charge is -2.30. The van der Waals surface area contributed by atoms with Crippen molar-refractivity contribution in [3.8, 4) is 0 Å². The molecule has 0 heterocycles. The van der Waals surface area contributed by atoms with Gasteiger partial charge in [-0.15, -0.1) is 0 Å².